The van der Waals surface area contributed by atoms with Gasteiger partial charge in [-0.05, 0) is 50.5 Å². The number of benzene rings is 1. The first-order chi connectivity index (χ1) is 11.7. The van der Waals surface area contributed by atoms with Gasteiger partial charge in [0.1, 0.15) is 5.75 Å². The van der Waals surface area contributed by atoms with E-state index in [-0.39, 0.29) is 5.91 Å². The number of imidazole rings is 1. The SMILES string of the molecule is CCCCN1Cn2c(nc(C)c2-c2ccc(OC3CC3)cc2)C1=O. The van der Waals surface area contributed by atoms with E-state index in [1.54, 1.807) is 0 Å². The van der Waals surface area contributed by atoms with E-state index in [1.807, 2.05) is 28.5 Å². The molecule has 0 radical (unpaired) electrons. The summed E-state index contributed by atoms with van der Waals surface area (Å²) in [5.41, 5.74) is 3.03. The molecule has 0 bridgehead atoms. The molecule has 5 heteroatoms. The maximum absolute atomic E-state index is 12.5. The van der Waals surface area contributed by atoms with Crippen molar-refractivity contribution in [2.24, 2.45) is 0 Å². The van der Waals surface area contributed by atoms with Gasteiger partial charge in [-0.15, -0.1) is 0 Å². The standard InChI is InChI=1S/C19H23N3O2/c1-3-4-11-21-12-22-17(13(2)20-18(22)19(21)23)14-5-7-15(8-6-14)24-16-9-10-16/h5-8,16H,3-4,9-12H2,1-2H3. The molecule has 1 aromatic carbocycles. The lowest BCUT2D eigenvalue weighted by atomic mass is 10.1. The Hall–Kier alpha value is -2.30. The predicted octanol–water partition coefficient (Wildman–Crippen LogP) is 3.61. The number of carbonyl (C=O) groups is 1. The van der Waals surface area contributed by atoms with Crippen LogP contribution in [0.2, 0.25) is 0 Å². The van der Waals surface area contributed by atoms with Crippen molar-refractivity contribution >= 4 is 5.91 Å². The topological polar surface area (TPSA) is 47.4 Å². The molecule has 0 N–H and O–H groups in total. The van der Waals surface area contributed by atoms with Crippen LogP contribution in [0, 0.1) is 6.92 Å². The predicted molar refractivity (Wildman–Crippen MR) is 92.0 cm³/mol. The Labute approximate surface area is 142 Å². The fraction of sp³-hybridized carbons (Fsp3) is 0.474. The molecule has 5 nitrogen and oxygen atoms in total. The molecular formula is C19H23N3O2. The zero-order valence-corrected chi connectivity index (χ0v) is 14.3. The van der Waals surface area contributed by atoms with E-state index in [0.717, 1.165) is 54.9 Å². The lowest BCUT2D eigenvalue weighted by Crippen LogP contribution is -2.26. The van der Waals surface area contributed by atoms with Crippen LogP contribution in [0.4, 0.5) is 0 Å². The quantitative estimate of drug-likeness (QED) is 0.815. The Bertz CT molecular complexity index is 760. The van der Waals surface area contributed by atoms with Gasteiger partial charge < -0.3 is 14.2 Å². The summed E-state index contributed by atoms with van der Waals surface area (Å²) in [7, 11) is 0. The minimum Gasteiger partial charge on any atom is -0.490 e. The molecule has 0 unspecified atom stereocenters. The first-order valence-electron chi connectivity index (χ1n) is 8.81. The molecule has 1 aliphatic carbocycles. The number of ether oxygens (including phenoxy) is 1. The number of hydrogen-bond donors (Lipinski definition) is 0. The molecule has 126 valence electrons. The van der Waals surface area contributed by atoms with E-state index >= 15 is 0 Å². The molecule has 24 heavy (non-hydrogen) atoms. The Morgan fingerprint density at radius 3 is 2.67 bits per heavy atom. The molecule has 4 rings (SSSR count). The second kappa shape index (κ2) is 5.96. The van der Waals surface area contributed by atoms with Crippen molar-refractivity contribution in [3.8, 4) is 17.0 Å². The number of hydrogen-bond acceptors (Lipinski definition) is 3. The fourth-order valence-corrected chi connectivity index (χ4v) is 3.21. The van der Waals surface area contributed by atoms with Gasteiger partial charge >= 0.3 is 0 Å². The largest absolute Gasteiger partial charge is 0.490 e. The van der Waals surface area contributed by atoms with Crippen LogP contribution in [0.3, 0.4) is 0 Å². The van der Waals surface area contributed by atoms with Crippen LogP contribution < -0.4 is 4.74 Å². The molecular weight excluding hydrogens is 302 g/mol. The van der Waals surface area contributed by atoms with Crippen molar-refractivity contribution in [1.29, 1.82) is 0 Å². The lowest BCUT2D eigenvalue weighted by Gasteiger charge is -2.15. The van der Waals surface area contributed by atoms with Gasteiger partial charge in [0.2, 0.25) is 5.82 Å². The van der Waals surface area contributed by atoms with Gasteiger partial charge in [-0.25, -0.2) is 4.98 Å². The van der Waals surface area contributed by atoms with Gasteiger partial charge in [0.05, 0.1) is 24.2 Å². The van der Waals surface area contributed by atoms with Crippen LogP contribution in [-0.4, -0.2) is 33.0 Å². The molecule has 2 aliphatic rings. The Kier molecular flexibility index (Phi) is 3.79. The number of aryl methyl sites for hydroxylation is 1. The van der Waals surface area contributed by atoms with Crippen molar-refractivity contribution in [1.82, 2.24) is 14.5 Å². The van der Waals surface area contributed by atoms with Crippen molar-refractivity contribution in [2.75, 3.05) is 6.54 Å². The monoisotopic (exact) mass is 325 g/mol. The van der Waals surface area contributed by atoms with E-state index in [0.29, 0.717) is 18.6 Å². The fourth-order valence-electron chi connectivity index (χ4n) is 3.21. The lowest BCUT2D eigenvalue weighted by molar-refractivity contribution is 0.0763. The average molecular weight is 325 g/mol. The molecule has 0 atom stereocenters. The summed E-state index contributed by atoms with van der Waals surface area (Å²) in [6.07, 6.45) is 4.83. The molecule has 1 saturated carbocycles. The Balaban J connectivity index is 1.60. The molecule has 0 saturated heterocycles. The van der Waals surface area contributed by atoms with E-state index in [2.05, 4.69) is 24.0 Å². The maximum Gasteiger partial charge on any atom is 0.291 e. The van der Waals surface area contributed by atoms with Gasteiger partial charge in [-0.1, -0.05) is 13.3 Å². The summed E-state index contributed by atoms with van der Waals surface area (Å²) >= 11 is 0. The number of aromatic nitrogens is 2. The van der Waals surface area contributed by atoms with Crippen LogP contribution in [0.15, 0.2) is 24.3 Å². The number of nitrogens with zero attached hydrogens (tertiary/aromatic N) is 3. The molecule has 1 fully saturated rings. The molecule has 1 aliphatic heterocycles. The smallest absolute Gasteiger partial charge is 0.291 e. The van der Waals surface area contributed by atoms with Gasteiger partial charge in [0, 0.05) is 12.1 Å². The van der Waals surface area contributed by atoms with Crippen molar-refractivity contribution in [2.45, 2.75) is 52.3 Å². The first-order valence-corrected chi connectivity index (χ1v) is 8.81. The van der Waals surface area contributed by atoms with E-state index in [1.165, 1.54) is 0 Å². The van der Waals surface area contributed by atoms with Gasteiger partial charge in [0.15, 0.2) is 0 Å². The number of amides is 1. The highest BCUT2D eigenvalue weighted by Crippen LogP contribution is 2.32. The molecule has 1 aromatic heterocycles. The molecule has 1 amide bonds. The summed E-state index contributed by atoms with van der Waals surface area (Å²) < 4.78 is 7.86. The Morgan fingerprint density at radius 2 is 2.00 bits per heavy atom. The summed E-state index contributed by atoms with van der Waals surface area (Å²) in [5, 5.41) is 0. The third-order valence-electron chi connectivity index (χ3n) is 4.67. The van der Waals surface area contributed by atoms with Crippen LogP contribution in [0.25, 0.3) is 11.3 Å². The highest BCUT2D eigenvalue weighted by atomic mass is 16.5. The zero-order valence-electron chi connectivity index (χ0n) is 14.3. The minimum atomic E-state index is 0.0477. The number of carbonyl (C=O) groups excluding carboxylic acids is 1. The zero-order chi connectivity index (χ0) is 16.7. The van der Waals surface area contributed by atoms with Gasteiger partial charge in [0.25, 0.3) is 5.91 Å². The van der Waals surface area contributed by atoms with Gasteiger partial charge in [-0.3, -0.25) is 4.79 Å². The maximum atomic E-state index is 12.5. The Morgan fingerprint density at radius 1 is 1.25 bits per heavy atom. The van der Waals surface area contributed by atoms with Crippen molar-refractivity contribution < 1.29 is 9.53 Å². The van der Waals surface area contributed by atoms with Crippen LogP contribution in [0.1, 0.15) is 48.9 Å². The molecule has 2 heterocycles. The minimum absolute atomic E-state index is 0.0477. The number of unbranched alkanes of at least 4 members (excludes halogenated alkanes) is 1. The normalized spacial score (nSPS) is 16.6. The van der Waals surface area contributed by atoms with Crippen molar-refractivity contribution in [3.05, 3.63) is 35.8 Å². The molecule has 0 spiro atoms. The van der Waals surface area contributed by atoms with E-state index < -0.39 is 0 Å². The van der Waals surface area contributed by atoms with Crippen LogP contribution >= 0.6 is 0 Å². The van der Waals surface area contributed by atoms with Gasteiger partial charge in [-0.2, -0.15) is 0 Å². The van der Waals surface area contributed by atoms with E-state index in [4.69, 9.17) is 4.74 Å². The molecule has 2 aromatic rings. The number of rotatable bonds is 6. The first kappa shape index (κ1) is 15.2. The summed E-state index contributed by atoms with van der Waals surface area (Å²) in [4.78, 5) is 18.9. The second-order valence-corrected chi connectivity index (χ2v) is 6.70. The second-order valence-electron chi connectivity index (χ2n) is 6.70. The van der Waals surface area contributed by atoms with Crippen molar-refractivity contribution in [3.63, 3.8) is 0 Å². The summed E-state index contributed by atoms with van der Waals surface area (Å²) in [5.74, 6) is 1.53. The summed E-state index contributed by atoms with van der Waals surface area (Å²) in [6, 6.07) is 8.15. The highest BCUT2D eigenvalue weighted by molar-refractivity contribution is 5.94. The highest BCUT2D eigenvalue weighted by Gasteiger charge is 2.32. The van der Waals surface area contributed by atoms with Crippen LogP contribution in [-0.2, 0) is 6.67 Å². The third kappa shape index (κ3) is 2.68. The number of fused-ring (bicyclic) bond motifs is 1. The third-order valence-corrected chi connectivity index (χ3v) is 4.67. The van der Waals surface area contributed by atoms with E-state index in [9.17, 15) is 4.79 Å². The average Bonchev–Trinajstić information content (AvgIpc) is 3.27. The summed E-state index contributed by atoms with van der Waals surface area (Å²) in [6.45, 7) is 5.51. The van der Waals surface area contributed by atoms with Crippen LogP contribution in [0.5, 0.6) is 5.75 Å².